The van der Waals surface area contributed by atoms with E-state index in [1.54, 1.807) is 58.0 Å². The second-order valence-corrected chi connectivity index (χ2v) is 9.20. The first kappa shape index (κ1) is 24.2. The molecule has 0 fully saturated rings. The zero-order valence-electron chi connectivity index (χ0n) is 18.0. The molecule has 2 aromatic carbocycles. The summed E-state index contributed by atoms with van der Waals surface area (Å²) in [5.74, 6) is -0.472. The van der Waals surface area contributed by atoms with E-state index in [-0.39, 0.29) is 23.7 Å². The summed E-state index contributed by atoms with van der Waals surface area (Å²) in [5.41, 5.74) is -0.0504. The Hall–Kier alpha value is -3.07. The zero-order chi connectivity index (χ0) is 23.1. The average molecular weight is 450 g/mol. The number of rotatable bonds is 8. The van der Waals surface area contributed by atoms with Crippen LogP contribution in [-0.2, 0) is 30.8 Å². The van der Waals surface area contributed by atoms with Gasteiger partial charge in [0.2, 0.25) is 0 Å². The monoisotopic (exact) mass is 449 g/mol. The van der Waals surface area contributed by atoms with Gasteiger partial charge in [-0.15, -0.1) is 0 Å². The standard InChI is InChI=1S/C22H27NO7S/c1-5-28-20(24)19(23-21(25)29-22(2,3)4)15-16-11-13-17(14-12-16)30-31(26,27)18-9-7-6-8-10-18/h6-14,19H,5,15H2,1-4H3,(H,23,25). The van der Waals surface area contributed by atoms with Gasteiger partial charge in [0.25, 0.3) is 0 Å². The zero-order valence-corrected chi connectivity index (χ0v) is 18.8. The number of carbonyl (C=O) groups excluding carboxylic acids is 2. The highest BCUT2D eigenvalue weighted by Gasteiger charge is 2.26. The molecule has 0 saturated carbocycles. The van der Waals surface area contributed by atoms with E-state index in [4.69, 9.17) is 13.7 Å². The van der Waals surface area contributed by atoms with Crippen molar-refractivity contribution in [3.05, 3.63) is 60.2 Å². The summed E-state index contributed by atoms with van der Waals surface area (Å²) >= 11 is 0. The van der Waals surface area contributed by atoms with E-state index in [0.717, 1.165) is 0 Å². The quantitative estimate of drug-likeness (QED) is 0.486. The number of esters is 1. The topological polar surface area (TPSA) is 108 Å². The van der Waals surface area contributed by atoms with E-state index in [0.29, 0.717) is 5.56 Å². The molecule has 1 amide bonds. The third-order valence-corrected chi connectivity index (χ3v) is 5.12. The Kier molecular flexibility index (Phi) is 8.04. The Morgan fingerprint density at radius 2 is 1.61 bits per heavy atom. The lowest BCUT2D eigenvalue weighted by Crippen LogP contribution is -2.45. The number of benzene rings is 2. The Balaban J connectivity index is 2.09. The van der Waals surface area contributed by atoms with Crippen LogP contribution in [-0.4, -0.2) is 38.7 Å². The first-order valence-corrected chi connectivity index (χ1v) is 11.2. The van der Waals surface area contributed by atoms with Crippen molar-refractivity contribution in [2.45, 2.75) is 50.7 Å². The van der Waals surface area contributed by atoms with Gasteiger partial charge in [-0.05, 0) is 57.5 Å². The summed E-state index contributed by atoms with van der Waals surface area (Å²) in [6.45, 7) is 6.98. The number of carbonyl (C=O) groups is 2. The highest BCUT2D eigenvalue weighted by Crippen LogP contribution is 2.20. The van der Waals surface area contributed by atoms with Gasteiger partial charge >= 0.3 is 22.2 Å². The summed E-state index contributed by atoms with van der Waals surface area (Å²) in [5, 5.41) is 2.52. The molecule has 0 spiro atoms. The number of hydrogen-bond acceptors (Lipinski definition) is 7. The van der Waals surface area contributed by atoms with Gasteiger partial charge in [0.1, 0.15) is 22.3 Å². The normalized spacial score (nSPS) is 12.5. The number of nitrogens with one attached hydrogen (secondary N) is 1. The molecule has 0 radical (unpaired) electrons. The summed E-state index contributed by atoms with van der Waals surface area (Å²) in [4.78, 5) is 24.4. The molecule has 2 aromatic rings. The Morgan fingerprint density at radius 1 is 1.00 bits per heavy atom. The summed E-state index contributed by atoms with van der Waals surface area (Å²) < 4.78 is 40.0. The van der Waals surface area contributed by atoms with E-state index < -0.39 is 33.8 Å². The number of hydrogen-bond donors (Lipinski definition) is 1. The van der Waals surface area contributed by atoms with Crippen molar-refractivity contribution in [2.75, 3.05) is 6.61 Å². The van der Waals surface area contributed by atoms with E-state index in [2.05, 4.69) is 5.32 Å². The van der Waals surface area contributed by atoms with Crippen molar-refractivity contribution in [2.24, 2.45) is 0 Å². The minimum absolute atomic E-state index is 0.0445. The minimum atomic E-state index is -3.95. The van der Waals surface area contributed by atoms with Crippen molar-refractivity contribution in [1.82, 2.24) is 5.32 Å². The van der Waals surface area contributed by atoms with Gasteiger partial charge in [-0.3, -0.25) is 0 Å². The van der Waals surface area contributed by atoms with Crippen LogP contribution in [0.3, 0.4) is 0 Å². The van der Waals surface area contributed by atoms with Crippen LogP contribution in [0.2, 0.25) is 0 Å². The minimum Gasteiger partial charge on any atom is -0.464 e. The van der Waals surface area contributed by atoms with Gasteiger partial charge in [-0.1, -0.05) is 30.3 Å². The molecule has 0 aromatic heterocycles. The fourth-order valence-corrected chi connectivity index (χ4v) is 3.52. The molecule has 168 valence electrons. The first-order valence-electron chi connectivity index (χ1n) is 9.75. The van der Waals surface area contributed by atoms with Gasteiger partial charge in [-0.2, -0.15) is 8.42 Å². The maximum absolute atomic E-state index is 12.3. The Morgan fingerprint density at radius 3 is 2.16 bits per heavy atom. The van der Waals surface area contributed by atoms with Gasteiger partial charge < -0.3 is 19.0 Å². The fourth-order valence-electron chi connectivity index (χ4n) is 2.56. The van der Waals surface area contributed by atoms with Crippen LogP contribution in [0.4, 0.5) is 4.79 Å². The second-order valence-electron chi connectivity index (χ2n) is 7.65. The molecule has 0 aliphatic rings. The second kappa shape index (κ2) is 10.3. The van der Waals surface area contributed by atoms with Crippen molar-refractivity contribution in [3.8, 4) is 5.75 Å². The third kappa shape index (κ3) is 7.93. The predicted octanol–water partition coefficient (Wildman–Crippen LogP) is 3.45. The van der Waals surface area contributed by atoms with E-state index in [9.17, 15) is 18.0 Å². The van der Waals surface area contributed by atoms with Crippen molar-refractivity contribution in [1.29, 1.82) is 0 Å². The van der Waals surface area contributed by atoms with Gasteiger partial charge in [0.05, 0.1) is 6.61 Å². The molecule has 8 nitrogen and oxygen atoms in total. The molecule has 0 aliphatic carbocycles. The highest BCUT2D eigenvalue weighted by molar-refractivity contribution is 7.87. The maximum Gasteiger partial charge on any atom is 0.408 e. The van der Waals surface area contributed by atoms with Crippen LogP contribution in [0.5, 0.6) is 5.75 Å². The van der Waals surface area contributed by atoms with Crippen molar-refractivity contribution >= 4 is 22.2 Å². The smallest absolute Gasteiger partial charge is 0.408 e. The predicted molar refractivity (Wildman–Crippen MR) is 114 cm³/mol. The molecular formula is C22H27NO7S. The molecule has 9 heteroatoms. The summed E-state index contributed by atoms with van der Waals surface area (Å²) in [6.07, 6.45) is -0.608. The lowest BCUT2D eigenvalue weighted by Gasteiger charge is -2.23. The van der Waals surface area contributed by atoms with Crippen LogP contribution in [0.1, 0.15) is 33.3 Å². The molecule has 2 rings (SSSR count). The van der Waals surface area contributed by atoms with Crippen molar-refractivity contribution in [3.63, 3.8) is 0 Å². The largest absolute Gasteiger partial charge is 0.464 e. The molecule has 1 unspecified atom stereocenters. The highest BCUT2D eigenvalue weighted by atomic mass is 32.2. The Labute approximate surface area is 182 Å². The van der Waals surface area contributed by atoms with Crippen LogP contribution in [0.15, 0.2) is 59.5 Å². The number of ether oxygens (including phenoxy) is 2. The molecule has 0 heterocycles. The number of alkyl carbamates (subject to hydrolysis) is 1. The van der Waals surface area contributed by atoms with Gasteiger partial charge in [0, 0.05) is 6.42 Å². The molecule has 0 bridgehead atoms. The lowest BCUT2D eigenvalue weighted by molar-refractivity contribution is -0.145. The lowest BCUT2D eigenvalue weighted by atomic mass is 10.1. The third-order valence-electron chi connectivity index (χ3n) is 3.86. The van der Waals surface area contributed by atoms with E-state index in [1.165, 1.54) is 24.3 Å². The first-order chi connectivity index (χ1) is 14.5. The SMILES string of the molecule is CCOC(=O)C(Cc1ccc(OS(=O)(=O)c2ccccc2)cc1)NC(=O)OC(C)(C)C. The molecular weight excluding hydrogens is 422 g/mol. The van der Waals surface area contributed by atoms with Crippen LogP contribution in [0.25, 0.3) is 0 Å². The van der Waals surface area contributed by atoms with Crippen LogP contribution < -0.4 is 9.50 Å². The Bertz CT molecular complexity index is 981. The summed E-state index contributed by atoms with van der Waals surface area (Å²) in [6, 6.07) is 13.0. The molecule has 1 N–H and O–H groups in total. The maximum atomic E-state index is 12.3. The molecule has 31 heavy (non-hydrogen) atoms. The van der Waals surface area contributed by atoms with Gasteiger partial charge in [0.15, 0.2) is 0 Å². The summed E-state index contributed by atoms with van der Waals surface area (Å²) in [7, 11) is -3.95. The van der Waals surface area contributed by atoms with Crippen LogP contribution >= 0.6 is 0 Å². The molecule has 0 aliphatic heterocycles. The fraction of sp³-hybridized carbons (Fsp3) is 0.364. The van der Waals surface area contributed by atoms with Crippen LogP contribution in [0, 0.1) is 0 Å². The molecule has 0 saturated heterocycles. The van der Waals surface area contributed by atoms with E-state index in [1.807, 2.05) is 0 Å². The van der Waals surface area contributed by atoms with Gasteiger partial charge in [-0.25, -0.2) is 9.59 Å². The van der Waals surface area contributed by atoms with Crippen molar-refractivity contribution < 1.29 is 31.7 Å². The average Bonchev–Trinajstić information content (AvgIpc) is 2.68. The molecule has 1 atom stereocenters. The number of amides is 1. The van der Waals surface area contributed by atoms with E-state index >= 15 is 0 Å².